The first-order valence-electron chi connectivity index (χ1n) is 1.74. The van der Waals surface area contributed by atoms with Crippen LogP contribution in [0, 0.1) is 0 Å². The van der Waals surface area contributed by atoms with Crippen molar-refractivity contribution in [2.24, 2.45) is 0 Å². The van der Waals surface area contributed by atoms with Crippen molar-refractivity contribution in [1.82, 2.24) is 0 Å². The third-order valence-corrected chi connectivity index (χ3v) is 0.632. The second-order valence-electron chi connectivity index (χ2n) is 0.934. The third kappa shape index (κ3) is 47.9. The lowest BCUT2D eigenvalue weighted by molar-refractivity contribution is 0.405. The third-order valence-electron chi connectivity index (χ3n) is 0.211. The summed E-state index contributed by atoms with van der Waals surface area (Å²) in [5.74, 6) is 0. The zero-order valence-corrected chi connectivity index (χ0v) is 6.42. The Morgan fingerprint density at radius 2 is 1.50 bits per heavy atom. The largest absolute Gasteiger partial charge is 0.692 e. The highest BCUT2D eigenvalue weighted by atomic mass is 32.2. The fourth-order valence-electron chi connectivity index (χ4n) is 0. The van der Waals surface area contributed by atoms with Crippen molar-refractivity contribution < 1.29 is 27.3 Å². The Morgan fingerprint density at radius 3 is 1.50 bits per heavy atom. The van der Waals surface area contributed by atoms with Crippen LogP contribution in [0.15, 0.2) is 12.0 Å². The molecule has 3 N–H and O–H groups in total. The summed E-state index contributed by atoms with van der Waals surface area (Å²) < 4.78 is 35.3. The van der Waals surface area contributed by atoms with Crippen molar-refractivity contribution in [2.75, 3.05) is 0 Å². The summed E-state index contributed by atoms with van der Waals surface area (Å²) in [5, 5.41) is 0.465. The summed E-state index contributed by atoms with van der Waals surface area (Å²) in [7, 11) is -6.77. The Labute approximate surface area is 58.5 Å². The second-order valence-corrected chi connectivity index (χ2v) is 2.80. The monoisotopic (exact) mass is 189 g/mol. The molecule has 0 amide bonds. The van der Waals surface area contributed by atoms with Gasteiger partial charge in [0, 0.05) is 4.57 Å². The molecular formula is C2H6O6PS+. The Bertz CT molecular complexity index is 188. The molecule has 0 aliphatic rings. The molecule has 0 spiro atoms. The van der Waals surface area contributed by atoms with Crippen LogP contribution in [-0.2, 0) is 14.7 Å². The van der Waals surface area contributed by atoms with E-state index in [9.17, 15) is 8.42 Å². The normalized spacial score (nSPS) is 9.10. The van der Waals surface area contributed by atoms with Crippen LogP contribution >= 0.6 is 8.25 Å². The van der Waals surface area contributed by atoms with E-state index in [0.29, 0.717) is 5.41 Å². The highest BCUT2D eigenvalue weighted by Gasteiger charge is 1.93. The highest BCUT2D eigenvalue weighted by molar-refractivity contribution is 7.88. The molecular weight excluding hydrogens is 183 g/mol. The van der Waals surface area contributed by atoms with Crippen LogP contribution in [0.1, 0.15) is 0 Å². The van der Waals surface area contributed by atoms with E-state index in [1.807, 2.05) is 0 Å². The molecule has 0 aromatic carbocycles. The second kappa shape index (κ2) is 5.45. The van der Waals surface area contributed by atoms with E-state index in [-0.39, 0.29) is 0 Å². The van der Waals surface area contributed by atoms with Crippen LogP contribution in [0.3, 0.4) is 0 Å². The average Bonchev–Trinajstić information content (AvgIpc) is 1.63. The maximum Gasteiger partial charge on any atom is 0.692 e. The summed E-state index contributed by atoms with van der Waals surface area (Å²) in [4.78, 5) is 14.2. The zero-order valence-electron chi connectivity index (χ0n) is 4.71. The fraction of sp³-hybridized carbons (Fsp3) is 0. The van der Waals surface area contributed by atoms with Gasteiger partial charge in [0.05, 0.1) is 5.41 Å². The number of hydrogen-bond acceptors (Lipinski definition) is 3. The van der Waals surface area contributed by atoms with Crippen LogP contribution in [-0.4, -0.2) is 22.8 Å². The van der Waals surface area contributed by atoms with Crippen LogP contribution in [0.25, 0.3) is 0 Å². The van der Waals surface area contributed by atoms with Crippen molar-refractivity contribution in [3.05, 3.63) is 12.0 Å². The van der Waals surface area contributed by atoms with Gasteiger partial charge in [-0.15, -0.1) is 9.79 Å². The van der Waals surface area contributed by atoms with E-state index in [1.54, 1.807) is 0 Å². The molecule has 0 saturated carbocycles. The molecule has 0 radical (unpaired) electrons. The maximum atomic E-state index is 9.44. The van der Waals surface area contributed by atoms with Gasteiger partial charge in [-0.2, -0.15) is 8.42 Å². The van der Waals surface area contributed by atoms with Gasteiger partial charge in [0.2, 0.25) is 0 Å². The number of hydrogen-bond donors (Lipinski definition) is 3. The Kier molecular flexibility index (Phi) is 6.74. The van der Waals surface area contributed by atoms with Gasteiger partial charge >= 0.3 is 8.25 Å². The first-order chi connectivity index (χ1) is 4.29. The summed E-state index contributed by atoms with van der Waals surface area (Å²) in [6.07, 6.45) is 0. The smallest absolute Gasteiger partial charge is 0.282 e. The van der Waals surface area contributed by atoms with E-state index < -0.39 is 18.4 Å². The molecule has 0 heterocycles. The first kappa shape index (κ1) is 12.4. The molecule has 0 atom stereocenters. The van der Waals surface area contributed by atoms with Crippen molar-refractivity contribution >= 4 is 18.4 Å². The predicted octanol–water partition coefficient (Wildman–Crippen LogP) is -0.354. The minimum absolute atomic E-state index is 0.465. The Morgan fingerprint density at radius 1 is 1.40 bits per heavy atom. The SMILES string of the molecule is C=CS(=O)(=O)O.O=[P+](O)O. The van der Waals surface area contributed by atoms with E-state index in [2.05, 4.69) is 6.58 Å². The van der Waals surface area contributed by atoms with Crippen molar-refractivity contribution in [2.45, 2.75) is 0 Å². The zero-order chi connectivity index (χ0) is 8.78. The van der Waals surface area contributed by atoms with Gasteiger partial charge in [-0.05, 0) is 0 Å². The molecule has 0 rings (SSSR count). The fourth-order valence-corrected chi connectivity index (χ4v) is 0. The van der Waals surface area contributed by atoms with Gasteiger partial charge in [-0.1, -0.05) is 6.58 Å². The van der Waals surface area contributed by atoms with Crippen LogP contribution in [0.4, 0.5) is 0 Å². The summed E-state index contributed by atoms with van der Waals surface area (Å²) in [5.41, 5.74) is 0. The molecule has 0 unspecified atom stereocenters. The quantitative estimate of drug-likeness (QED) is 0.383. The molecule has 0 aliphatic carbocycles. The van der Waals surface area contributed by atoms with Crippen LogP contribution in [0.2, 0.25) is 0 Å². The van der Waals surface area contributed by atoms with Gasteiger partial charge in [0.15, 0.2) is 0 Å². The summed E-state index contributed by atoms with van der Waals surface area (Å²) >= 11 is 0. The summed E-state index contributed by atoms with van der Waals surface area (Å²) in [6.45, 7) is 2.79. The van der Waals surface area contributed by atoms with Crippen LogP contribution in [0.5, 0.6) is 0 Å². The number of rotatable bonds is 1. The molecule has 10 heavy (non-hydrogen) atoms. The molecule has 0 bridgehead atoms. The first-order valence-corrected chi connectivity index (χ1v) is 4.41. The van der Waals surface area contributed by atoms with E-state index >= 15 is 0 Å². The maximum absolute atomic E-state index is 9.44. The van der Waals surface area contributed by atoms with Gasteiger partial charge in [-0.3, -0.25) is 4.55 Å². The summed E-state index contributed by atoms with van der Waals surface area (Å²) in [6, 6.07) is 0. The lowest BCUT2D eigenvalue weighted by Gasteiger charge is -1.73. The topological polar surface area (TPSA) is 112 Å². The molecule has 8 heteroatoms. The lowest BCUT2D eigenvalue weighted by Crippen LogP contribution is -1.86. The average molecular weight is 189 g/mol. The van der Waals surface area contributed by atoms with Crippen molar-refractivity contribution in [3.63, 3.8) is 0 Å². The molecule has 0 aromatic rings. The molecule has 6 nitrogen and oxygen atoms in total. The molecule has 0 aliphatic heterocycles. The molecule has 0 saturated heterocycles. The standard InChI is InChI=1S/C2H4O3S.HO3P/c1-2-6(3,4)5;1-4(2)3/h2H,1H2,(H,3,4,5);(H-,1,2,3)/p+1. The predicted molar refractivity (Wildman–Crippen MR) is 33.8 cm³/mol. The Hall–Kier alpha value is -0.330. The van der Waals surface area contributed by atoms with E-state index in [4.69, 9.17) is 18.9 Å². The van der Waals surface area contributed by atoms with Gasteiger partial charge < -0.3 is 0 Å². The minimum Gasteiger partial charge on any atom is -0.282 e. The van der Waals surface area contributed by atoms with Gasteiger partial charge in [-0.25, -0.2) is 0 Å². The van der Waals surface area contributed by atoms with Gasteiger partial charge in [0.1, 0.15) is 0 Å². The molecule has 60 valence electrons. The minimum atomic E-state index is -3.90. The Balaban J connectivity index is 0. The van der Waals surface area contributed by atoms with E-state index in [1.165, 1.54) is 0 Å². The van der Waals surface area contributed by atoms with Crippen LogP contribution < -0.4 is 0 Å². The lowest BCUT2D eigenvalue weighted by atomic mass is 11.3. The molecule has 0 aromatic heterocycles. The van der Waals surface area contributed by atoms with Crippen molar-refractivity contribution in [3.8, 4) is 0 Å². The van der Waals surface area contributed by atoms with E-state index in [0.717, 1.165) is 0 Å². The highest BCUT2D eigenvalue weighted by Crippen LogP contribution is 1.98. The van der Waals surface area contributed by atoms with Gasteiger partial charge in [0.25, 0.3) is 10.1 Å². The van der Waals surface area contributed by atoms with Crippen molar-refractivity contribution in [1.29, 1.82) is 0 Å². The molecule has 0 fully saturated rings.